The van der Waals surface area contributed by atoms with Gasteiger partial charge in [0.05, 0.1) is 23.3 Å². The minimum atomic E-state index is 0.686. The number of nitrogens with zero attached hydrogens (tertiary/aromatic N) is 3. The zero-order chi connectivity index (χ0) is 10.8. The number of carbonyl (C=O) groups is 1. The average molecular weight is 221 g/mol. The van der Waals surface area contributed by atoms with Crippen LogP contribution in [0.2, 0.25) is 0 Å². The van der Waals surface area contributed by atoms with E-state index in [1.807, 2.05) is 24.7 Å². The molecule has 0 amide bonds. The highest BCUT2D eigenvalue weighted by atomic mass is 32.1. The third-order valence-corrected chi connectivity index (χ3v) is 3.11. The predicted molar refractivity (Wildman–Crippen MR) is 58.3 cm³/mol. The first kappa shape index (κ1) is 10.0. The second-order valence-electron chi connectivity index (χ2n) is 3.33. The highest BCUT2D eigenvalue weighted by Crippen LogP contribution is 2.14. The third kappa shape index (κ3) is 1.83. The maximum Gasteiger partial charge on any atom is 0.153 e. The fourth-order valence-corrected chi connectivity index (χ4v) is 2.08. The van der Waals surface area contributed by atoms with Crippen molar-refractivity contribution in [3.63, 3.8) is 0 Å². The van der Waals surface area contributed by atoms with Crippen molar-refractivity contribution in [2.45, 2.75) is 20.4 Å². The summed E-state index contributed by atoms with van der Waals surface area (Å²) in [6.07, 6.45) is 2.68. The Morgan fingerprint density at radius 1 is 1.53 bits per heavy atom. The van der Waals surface area contributed by atoms with Crippen molar-refractivity contribution in [2.75, 3.05) is 0 Å². The van der Waals surface area contributed by atoms with Gasteiger partial charge in [-0.2, -0.15) is 5.10 Å². The second-order valence-corrected chi connectivity index (χ2v) is 4.30. The molecule has 0 spiro atoms. The number of aldehydes is 1. The summed E-state index contributed by atoms with van der Waals surface area (Å²) in [4.78, 5) is 15.9. The van der Waals surface area contributed by atoms with E-state index in [2.05, 4.69) is 10.1 Å². The van der Waals surface area contributed by atoms with Gasteiger partial charge in [0.25, 0.3) is 0 Å². The SMILES string of the molecule is Cc1nn(Cc2cncs2)c(C)c1C=O. The topological polar surface area (TPSA) is 47.8 Å². The molecule has 15 heavy (non-hydrogen) atoms. The summed E-state index contributed by atoms with van der Waals surface area (Å²) in [6, 6.07) is 0. The molecule has 4 nitrogen and oxygen atoms in total. The Bertz CT molecular complexity index is 473. The van der Waals surface area contributed by atoms with Crippen LogP contribution in [0.15, 0.2) is 11.7 Å². The molecule has 0 aliphatic rings. The standard InChI is InChI=1S/C10H11N3OS/c1-7-10(5-14)8(2)13(12-7)4-9-3-11-6-15-9/h3,5-6H,4H2,1-2H3. The average Bonchev–Trinajstić information content (AvgIpc) is 2.78. The minimum Gasteiger partial charge on any atom is -0.298 e. The maximum absolute atomic E-state index is 10.8. The zero-order valence-corrected chi connectivity index (χ0v) is 9.41. The number of hydrogen-bond donors (Lipinski definition) is 0. The van der Waals surface area contributed by atoms with Crippen molar-refractivity contribution < 1.29 is 4.79 Å². The lowest BCUT2D eigenvalue weighted by atomic mass is 10.2. The van der Waals surface area contributed by atoms with E-state index in [-0.39, 0.29) is 0 Å². The summed E-state index contributed by atoms with van der Waals surface area (Å²) in [6.45, 7) is 4.44. The van der Waals surface area contributed by atoms with E-state index < -0.39 is 0 Å². The van der Waals surface area contributed by atoms with Gasteiger partial charge in [-0.25, -0.2) is 0 Å². The smallest absolute Gasteiger partial charge is 0.153 e. The molecule has 2 rings (SSSR count). The van der Waals surface area contributed by atoms with Crippen molar-refractivity contribution >= 4 is 17.6 Å². The highest BCUT2D eigenvalue weighted by Gasteiger charge is 2.10. The molecule has 0 aliphatic carbocycles. The van der Waals surface area contributed by atoms with Gasteiger partial charge in [0.15, 0.2) is 6.29 Å². The van der Waals surface area contributed by atoms with Crippen LogP contribution in [0.4, 0.5) is 0 Å². The Hall–Kier alpha value is -1.49. The number of aromatic nitrogens is 3. The first-order valence-corrected chi connectivity index (χ1v) is 5.47. The number of carbonyl (C=O) groups excluding carboxylic acids is 1. The molecule has 0 saturated heterocycles. The number of rotatable bonds is 3. The van der Waals surface area contributed by atoms with Crippen LogP contribution in [0, 0.1) is 13.8 Å². The second kappa shape index (κ2) is 3.94. The van der Waals surface area contributed by atoms with Crippen LogP contribution in [0.5, 0.6) is 0 Å². The van der Waals surface area contributed by atoms with E-state index in [0.29, 0.717) is 12.1 Å². The first-order chi connectivity index (χ1) is 7.22. The van der Waals surface area contributed by atoms with Gasteiger partial charge in [-0.1, -0.05) is 0 Å². The molecule has 2 heterocycles. The molecular formula is C10H11N3OS. The maximum atomic E-state index is 10.8. The van der Waals surface area contributed by atoms with Crippen LogP contribution in [0.25, 0.3) is 0 Å². The number of thiazole rings is 1. The Kier molecular flexibility index (Phi) is 2.64. The van der Waals surface area contributed by atoms with Gasteiger partial charge >= 0.3 is 0 Å². The van der Waals surface area contributed by atoms with E-state index in [1.54, 1.807) is 16.8 Å². The zero-order valence-electron chi connectivity index (χ0n) is 8.60. The van der Waals surface area contributed by atoms with E-state index >= 15 is 0 Å². The molecule has 0 bridgehead atoms. The van der Waals surface area contributed by atoms with E-state index in [0.717, 1.165) is 22.6 Å². The number of hydrogen-bond acceptors (Lipinski definition) is 4. The lowest BCUT2D eigenvalue weighted by Gasteiger charge is -2.00. The Balaban J connectivity index is 2.33. The van der Waals surface area contributed by atoms with E-state index in [9.17, 15) is 4.79 Å². The molecule has 0 fully saturated rings. The lowest BCUT2D eigenvalue weighted by Crippen LogP contribution is -2.02. The fourth-order valence-electron chi connectivity index (χ4n) is 1.50. The molecular weight excluding hydrogens is 210 g/mol. The normalized spacial score (nSPS) is 10.5. The molecule has 2 aromatic heterocycles. The van der Waals surface area contributed by atoms with Crippen LogP contribution in [0.3, 0.4) is 0 Å². The van der Waals surface area contributed by atoms with Crippen LogP contribution >= 0.6 is 11.3 Å². The highest BCUT2D eigenvalue weighted by molar-refractivity contribution is 7.09. The molecule has 0 atom stereocenters. The summed E-state index contributed by atoms with van der Waals surface area (Å²) in [5, 5.41) is 4.32. The summed E-state index contributed by atoms with van der Waals surface area (Å²) in [5.74, 6) is 0. The molecule has 0 radical (unpaired) electrons. The molecule has 0 unspecified atom stereocenters. The summed E-state index contributed by atoms with van der Waals surface area (Å²) < 4.78 is 1.84. The molecule has 0 aromatic carbocycles. The third-order valence-electron chi connectivity index (χ3n) is 2.34. The van der Waals surface area contributed by atoms with Crippen LogP contribution in [-0.4, -0.2) is 21.1 Å². The Morgan fingerprint density at radius 3 is 2.87 bits per heavy atom. The van der Waals surface area contributed by atoms with Crippen molar-refractivity contribution in [1.29, 1.82) is 0 Å². The fraction of sp³-hybridized carbons (Fsp3) is 0.300. The van der Waals surface area contributed by atoms with Crippen molar-refractivity contribution in [2.24, 2.45) is 0 Å². The summed E-state index contributed by atoms with van der Waals surface area (Å²) in [7, 11) is 0. The number of aryl methyl sites for hydroxylation is 1. The molecule has 78 valence electrons. The van der Waals surface area contributed by atoms with Gasteiger partial charge in [-0.15, -0.1) is 11.3 Å². The van der Waals surface area contributed by atoms with Gasteiger partial charge < -0.3 is 0 Å². The van der Waals surface area contributed by atoms with Crippen molar-refractivity contribution in [3.05, 3.63) is 33.5 Å². The first-order valence-electron chi connectivity index (χ1n) is 4.59. The van der Waals surface area contributed by atoms with Crippen molar-refractivity contribution in [3.8, 4) is 0 Å². The van der Waals surface area contributed by atoms with Gasteiger partial charge in [-0.05, 0) is 13.8 Å². The van der Waals surface area contributed by atoms with Gasteiger partial charge in [0, 0.05) is 16.8 Å². The van der Waals surface area contributed by atoms with E-state index in [1.165, 1.54) is 0 Å². The van der Waals surface area contributed by atoms with Crippen LogP contribution < -0.4 is 0 Å². The quantitative estimate of drug-likeness (QED) is 0.743. The van der Waals surface area contributed by atoms with Crippen LogP contribution in [0.1, 0.15) is 26.6 Å². The summed E-state index contributed by atoms with van der Waals surface area (Å²) >= 11 is 1.59. The van der Waals surface area contributed by atoms with Gasteiger partial charge in [-0.3, -0.25) is 14.5 Å². The molecule has 0 N–H and O–H groups in total. The van der Waals surface area contributed by atoms with Crippen molar-refractivity contribution in [1.82, 2.24) is 14.8 Å². The summed E-state index contributed by atoms with van der Waals surface area (Å²) in [5.41, 5.74) is 4.18. The molecule has 2 aromatic rings. The molecule has 0 saturated carbocycles. The van der Waals surface area contributed by atoms with E-state index in [4.69, 9.17) is 0 Å². The van der Waals surface area contributed by atoms with Crippen LogP contribution in [-0.2, 0) is 6.54 Å². The predicted octanol–water partition coefficient (Wildman–Crippen LogP) is 1.82. The minimum absolute atomic E-state index is 0.686. The van der Waals surface area contributed by atoms with Gasteiger partial charge in [0.1, 0.15) is 0 Å². The monoisotopic (exact) mass is 221 g/mol. The lowest BCUT2D eigenvalue weighted by molar-refractivity contribution is 0.112. The van der Waals surface area contributed by atoms with Gasteiger partial charge in [0.2, 0.25) is 0 Å². The molecule has 5 heteroatoms. The molecule has 0 aliphatic heterocycles. The Morgan fingerprint density at radius 2 is 2.33 bits per heavy atom. The largest absolute Gasteiger partial charge is 0.298 e. The Labute approximate surface area is 91.6 Å².